The first-order chi connectivity index (χ1) is 10.3. The predicted molar refractivity (Wildman–Crippen MR) is 103 cm³/mol. The molecular formula is C13H28O3S4Si. The molecule has 0 unspecified atom stereocenters. The summed E-state index contributed by atoms with van der Waals surface area (Å²) in [5, 5.41) is 1.68. The summed E-state index contributed by atoms with van der Waals surface area (Å²) in [6.07, 6.45) is 7.02. The zero-order valence-electron chi connectivity index (χ0n) is 13.3. The van der Waals surface area contributed by atoms with E-state index in [0.717, 1.165) is 10.6 Å². The van der Waals surface area contributed by atoms with Crippen LogP contribution in [0.1, 0.15) is 52.9 Å². The Hall–Kier alpha value is 1.50. The van der Waals surface area contributed by atoms with Crippen LogP contribution in [0.15, 0.2) is 0 Å². The topological polar surface area (TPSA) is 27.7 Å². The molecule has 1 rings (SSSR count). The molecule has 0 N–H and O–H groups in total. The summed E-state index contributed by atoms with van der Waals surface area (Å²) < 4.78 is 17.6. The minimum absolute atomic E-state index is 0.654. The second-order valence-electron chi connectivity index (χ2n) is 4.74. The normalized spacial score (nSPS) is 17.3. The molecule has 0 bridgehead atoms. The molecule has 8 heteroatoms. The van der Waals surface area contributed by atoms with E-state index >= 15 is 0 Å². The number of hydrogen-bond acceptors (Lipinski definition) is 7. The molecule has 126 valence electrons. The third kappa shape index (κ3) is 8.79. The van der Waals surface area contributed by atoms with E-state index in [2.05, 4.69) is 0 Å². The van der Waals surface area contributed by atoms with Crippen LogP contribution < -0.4 is 0 Å². The molecule has 1 saturated carbocycles. The molecule has 0 aromatic rings. The van der Waals surface area contributed by atoms with Gasteiger partial charge in [-0.05, 0) is 53.3 Å². The molecule has 1 aliphatic carbocycles. The van der Waals surface area contributed by atoms with Gasteiger partial charge in [0.1, 0.15) is 0 Å². The van der Waals surface area contributed by atoms with Crippen molar-refractivity contribution in [2.24, 2.45) is 0 Å². The first-order valence-corrected chi connectivity index (χ1v) is 14.8. The van der Waals surface area contributed by atoms with Crippen LogP contribution in [-0.2, 0) is 13.3 Å². The third-order valence-corrected chi connectivity index (χ3v) is 14.3. The summed E-state index contributed by atoms with van der Waals surface area (Å²) in [6.45, 7) is 7.98. The largest absolute Gasteiger partial charge is 0.512 e. The van der Waals surface area contributed by atoms with Gasteiger partial charge in [-0.3, -0.25) is 0 Å². The van der Waals surface area contributed by atoms with Crippen molar-refractivity contribution in [3.63, 3.8) is 0 Å². The van der Waals surface area contributed by atoms with E-state index in [4.69, 9.17) is 13.3 Å². The van der Waals surface area contributed by atoms with Crippen LogP contribution in [0.25, 0.3) is 0 Å². The molecule has 0 saturated heterocycles. The van der Waals surface area contributed by atoms with Crippen molar-refractivity contribution < 1.29 is 13.3 Å². The predicted octanol–water partition coefficient (Wildman–Crippen LogP) is 5.58. The molecule has 3 nitrogen and oxygen atoms in total. The van der Waals surface area contributed by atoms with E-state index in [1.165, 1.54) is 32.1 Å². The highest BCUT2D eigenvalue weighted by atomic mass is 33.7. The van der Waals surface area contributed by atoms with Gasteiger partial charge in [0, 0.05) is 25.1 Å². The average molecular weight is 389 g/mol. The van der Waals surface area contributed by atoms with E-state index in [-0.39, 0.29) is 0 Å². The van der Waals surface area contributed by atoms with Crippen LogP contribution in [-0.4, -0.2) is 39.3 Å². The van der Waals surface area contributed by atoms with Crippen molar-refractivity contribution in [2.45, 2.75) is 58.1 Å². The van der Waals surface area contributed by atoms with Crippen LogP contribution in [0, 0.1) is 0 Å². The molecular weight excluding hydrogens is 360 g/mol. The van der Waals surface area contributed by atoms with E-state index in [0.29, 0.717) is 19.8 Å². The lowest BCUT2D eigenvalue weighted by Gasteiger charge is -2.27. The Labute approximate surface area is 146 Å². The molecule has 0 radical (unpaired) electrons. The summed E-state index contributed by atoms with van der Waals surface area (Å²) in [5.74, 6) is 0. The van der Waals surface area contributed by atoms with Gasteiger partial charge >= 0.3 is 8.80 Å². The molecule has 0 spiro atoms. The van der Waals surface area contributed by atoms with Crippen molar-refractivity contribution in [1.29, 1.82) is 0 Å². The summed E-state index contributed by atoms with van der Waals surface area (Å²) >= 11 is 0. The van der Waals surface area contributed by atoms with E-state index < -0.39 is 8.80 Å². The summed E-state index contributed by atoms with van der Waals surface area (Å²) in [7, 11) is 5.14. The highest BCUT2D eigenvalue weighted by Gasteiger charge is 2.40. The Bertz CT molecular complexity index is 239. The molecule has 0 amide bonds. The van der Waals surface area contributed by atoms with Gasteiger partial charge < -0.3 is 13.3 Å². The van der Waals surface area contributed by atoms with E-state index in [1.807, 2.05) is 62.0 Å². The van der Waals surface area contributed by atoms with Gasteiger partial charge in [-0.1, -0.05) is 40.9 Å². The SMILES string of the molecule is CCO[Si](CSSSSC1CCCCC1)(OCC)OCC. The molecule has 0 heterocycles. The molecule has 0 aliphatic heterocycles. The van der Waals surface area contributed by atoms with Crippen molar-refractivity contribution in [3.8, 4) is 0 Å². The first kappa shape index (κ1) is 20.5. The number of rotatable bonds is 12. The second-order valence-corrected chi connectivity index (χ2v) is 14.0. The molecule has 0 aromatic carbocycles. The lowest BCUT2D eigenvalue weighted by Crippen LogP contribution is -2.48. The monoisotopic (exact) mass is 388 g/mol. The van der Waals surface area contributed by atoms with Crippen molar-refractivity contribution >= 4 is 50.0 Å². The second kappa shape index (κ2) is 12.9. The maximum atomic E-state index is 5.85. The standard InChI is InChI=1S/C13H28O3S4Si/c1-4-14-21(15-5-2,16-6-3)12-17-19-20-18-13-10-8-7-9-11-13/h13H,4-12H2,1-3H3. The maximum Gasteiger partial charge on any atom is 0.512 e. The molecule has 1 aliphatic rings. The molecule has 0 atom stereocenters. The van der Waals surface area contributed by atoms with Crippen molar-refractivity contribution in [3.05, 3.63) is 0 Å². The zero-order chi connectivity index (χ0) is 15.4. The van der Waals surface area contributed by atoms with Gasteiger partial charge in [0.2, 0.25) is 0 Å². The Kier molecular flexibility index (Phi) is 12.6. The third-order valence-electron chi connectivity index (χ3n) is 3.13. The highest BCUT2D eigenvalue weighted by Crippen LogP contribution is 2.48. The van der Waals surface area contributed by atoms with Crippen LogP contribution >= 0.6 is 41.2 Å². The highest BCUT2D eigenvalue weighted by molar-refractivity contribution is 9.26. The maximum absolute atomic E-state index is 5.85. The van der Waals surface area contributed by atoms with E-state index in [9.17, 15) is 0 Å². The molecule has 0 aromatic heterocycles. The minimum Gasteiger partial charge on any atom is -0.373 e. The summed E-state index contributed by atoms with van der Waals surface area (Å²) in [4.78, 5) is 0. The fourth-order valence-corrected chi connectivity index (χ4v) is 14.0. The van der Waals surface area contributed by atoms with E-state index in [1.54, 1.807) is 0 Å². The van der Waals surface area contributed by atoms with Gasteiger partial charge in [-0.25, -0.2) is 0 Å². The number of hydrogen-bond donors (Lipinski definition) is 0. The van der Waals surface area contributed by atoms with Crippen LogP contribution in [0.3, 0.4) is 0 Å². The quantitative estimate of drug-likeness (QED) is 0.244. The Morgan fingerprint density at radius 2 is 1.43 bits per heavy atom. The lowest BCUT2D eigenvalue weighted by molar-refractivity contribution is 0.0774. The van der Waals surface area contributed by atoms with Gasteiger partial charge in [0.05, 0.1) is 5.38 Å². The van der Waals surface area contributed by atoms with Crippen molar-refractivity contribution in [1.82, 2.24) is 0 Å². The fourth-order valence-electron chi connectivity index (χ4n) is 2.26. The Morgan fingerprint density at radius 3 is 1.95 bits per heavy atom. The van der Waals surface area contributed by atoms with Crippen LogP contribution in [0.4, 0.5) is 0 Å². The molecule has 1 fully saturated rings. The lowest BCUT2D eigenvalue weighted by atomic mass is 10.0. The van der Waals surface area contributed by atoms with Crippen LogP contribution in [0.5, 0.6) is 0 Å². The Balaban J connectivity index is 2.21. The molecule has 21 heavy (non-hydrogen) atoms. The minimum atomic E-state index is -2.47. The smallest absolute Gasteiger partial charge is 0.373 e. The van der Waals surface area contributed by atoms with Crippen molar-refractivity contribution in [2.75, 3.05) is 25.2 Å². The van der Waals surface area contributed by atoms with Gasteiger partial charge in [-0.15, -0.1) is 0 Å². The zero-order valence-corrected chi connectivity index (χ0v) is 17.6. The van der Waals surface area contributed by atoms with Crippen LogP contribution in [0.2, 0.25) is 0 Å². The Morgan fingerprint density at radius 1 is 0.857 bits per heavy atom. The summed E-state index contributed by atoms with van der Waals surface area (Å²) in [5.41, 5.74) is 0. The first-order valence-electron chi connectivity index (χ1n) is 7.79. The van der Waals surface area contributed by atoms with Gasteiger partial charge in [0.15, 0.2) is 0 Å². The summed E-state index contributed by atoms with van der Waals surface area (Å²) in [6, 6.07) is 0. The fraction of sp³-hybridized carbons (Fsp3) is 1.00. The van der Waals surface area contributed by atoms with Gasteiger partial charge in [0.25, 0.3) is 0 Å². The average Bonchev–Trinajstić information content (AvgIpc) is 2.49. The van der Waals surface area contributed by atoms with Gasteiger partial charge in [-0.2, -0.15) is 0 Å².